The van der Waals surface area contributed by atoms with E-state index in [1.54, 1.807) is 0 Å². The number of ether oxygens (including phenoxy) is 2. The Labute approximate surface area is 493 Å². The van der Waals surface area contributed by atoms with Crippen LogP contribution >= 0.6 is 0 Å². The van der Waals surface area contributed by atoms with Crippen molar-refractivity contribution >= 4 is 22.6 Å². The lowest BCUT2D eigenvalue weighted by atomic mass is 9.28. The van der Waals surface area contributed by atoms with Gasteiger partial charge in [0.25, 0.3) is 0 Å². The Morgan fingerprint density at radius 2 is 1.65 bits per heavy atom. The van der Waals surface area contributed by atoms with Crippen LogP contribution in [0.15, 0.2) is 54.0 Å². The lowest BCUT2D eigenvalue weighted by Gasteiger charge is -2.76. The molecule has 6 heterocycles. The summed E-state index contributed by atoms with van der Waals surface area (Å²) in [4.78, 5) is 39.5. The Kier molecular flexibility index (Phi) is 12.6. The molecule has 3 aromatic heterocycles. The number of aliphatic hydroxyl groups excluding tert-OH is 2. The van der Waals surface area contributed by atoms with E-state index in [9.17, 15) is 15.3 Å². The standard InChI is InChI=1S/C72H98N4O7/c1-64(2)63(83-64)52(78)36-65(3)23-17-45-38-75-58-47(32-42-31-46(43-15-11-9-12-16-43)34-48(33-42)72(81)27-30-82-70(41-72)21-13-10-14-22-70)39-76(59(45)58)40-50-54-56(65)51(77)37-68(54,6)67(5)24-19-53-66(4,26-29-73-8)62(80)55-49-20-28-74-57(49)44-18-25-71(55,35-44)69(53,7)61(67)60(50)79/h20,28,31,33-34,38-39,43-44,50,52-53,55,60-61,63,73-75,78-79,81H,9-19,21-27,29-30,32,35-37,40-41H2,1-8H3/t44-,50-,52-,53+,55+,60-,61+,63-,65+,66+,67+,68+,69-,71-,72+/m1/s1. The van der Waals surface area contributed by atoms with Crippen molar-refractivity contribution in [3.05, 3.63) is 93.1 Å². The summed E-state index contributed by atoms with van der Waals surface area (Å²) in [5.41, 5.74) is 8.01. The molecule has 4 aromatic rings. The molecule has 2 saturated heterocycles. The monoisotopic (exact) mass is 1130 g/mol. The second kappa shape index (κ2) is 18.8. The highest BCUT2D eigenvalue weighted by Crippen LogP contribution is 2.84. The topological polar surface area (TPSA) is 165 Å². The van der Waals surface area contributed by atoms with Gasteiger partial charge in [-0.3, -0.25) is 9.59 Å². The van der Waals surface area contributed by atoms with E-state index in [0.29, 0.717) is 69.3 Å². The number of Topliss-reactive ketones (excluding diaryl/α,β-unsaturated/α-hetero) is 2. The molecule has 15 rings (SSSR count). The number of aryl methyl sites for hydroxylation is 1. The maximum atomic E-state index is 16.0. The van der Waals surface area contributed by atoms with E-state index in [4.69, 9.17) is 9.47 Å². The molecule has 6 saturated carbocycles. The molecule has 83 heavy (non-hydrogen) atoms. The number of carbonyl (C=O) groups is 2. The van der Waals surface area contributed by atoms with Crippen LogP contribution in [0.2, 0.25) is 0 Å². The van der Waals surface area contributed by atoms with Crippen molar-refractivity contribution in [2.75, 3.05) is 20.2 Å². The highest BCUT2D eigenvalue weighted by atomic mass is 16.6. The van der Waals surface area contributed by atoms with Gasteiger partial charge in [-0.05, 0) is 201 Å². The number of H-pyrrole nitrogens is 2. The number of epoxide rings is 1. The summed E-state index contributed by atoms with van der Waals surface area (Å²) >= 11 is 0. The van der Waals surface area contributed by atoms with Crippen LogP contribution in [0.1, 0.15) is 240 Å². The van der Waals surface area contributed by atoms with Gasteiger partial charge in [-0.2, -0.15) is 0 Å². The van der Waals surface area contributed by atoms with Crippen molar-refractivity contribution in [3.63, 3.8) is 0 Å². The van der Waals surface area contributed by atoms with Crippen LogP contribution in [-0.4, -0.2) is 91.1 Å². The zero-order valence-electron chi connectivity index (χ0n) is 51.5. The third kappa shape index (κ3) is 7.73. The quantitative estimate of drug-likeness (QED) is 0.0854. The van der Waals surface area contributed by atoms with E-state index in [1.807, 2.05) is 7.05 Å². The summed E-state index contributed by atoms with van der Waals surface area (Å²) < 4.78 is 15.3. The van der Waals surface area contributed by atoms with Gasteiger partial charge in [0.2, 0.25) is 0 Å². The smallest absolute Gasteiger partial charge is 0.160 e. The zero-order chi connectivity index (χ0) is 57.6. The van der Waals surface area contributed by atoms with Crippen LogP contribution in [0.4, 0.5) is 0 Å². The molecule has 8 fully saturated rings. The third-order valence-electron chi connectivity index (χ3n) is 27.4. The zero-order valence-corrected chi connectivity index (χ0v) is 51.5. The number of hydrogen-bond acceptors (Lipinski definition) is 8. The van der Waals surface area contributed by atoms with Crippen molar-refractivity contribution < 1.29 is 34.4 Å². The largest absolute Gasteiger partial charge is 0.392 e. The Hall–Kier alpha value is -3.84. The Bertz CT molecular complexity index is 3310. The van der Waals surface area contributed by atoms with Gasteiger partial charge in [0.15, 0.2) is 5.78 Å². The van der Waals surface area contributed by atoms with Gasteiger partial charge in [-0.15, -0.1) is 0 Å². The predicted octanol–water partition coefficient (Wildman–Crippen LogP) is 13.1. The molecule has 15 atom stereocenters. The molecule has 11 nitrogen and oxygen atoms in total. The fraction of sp³-hybridized carbons (Fsp3) is 0.722. The van der Waals surface area contributed by atoms with Crippen LogP contribution in [0, 0.1) is 50.2 Å². The number of benzene rings is 1. The van der Waals surface area contributed by atoms with Gasteiger partial charge in [0, 0.05) is 78.8 Å². The first-order valence-corrected chi connectivity index (χ1v) is 33.4. The highest BCUT2D eigenvalue weighted by Gasteiger charge is 2.80. The van der Waals surface area contributed by atoms with E-state index in [0.717, 1.165) is 99.4 Å². The summed E-state index contributed by atoms with van der Waals surface area (Å²) in [6, 6.07) is 9.44. The van der Waals surface area contributed by atoms with Crippen molar-refractivity contribution in [3.8, 4) is 0 Å². The first kappa shape index (κ1) is 55.7. The molecule has 6 N–H and O–H groups in total. The fourth-order valence-corrected chi connectivity index (χ4v) is 23.3. The molecule has 0 unspecified atom stereocenters. The Morgan fingerprint density at radius 1 is 0.880 bits per heavy atom. The fourth-order valence-electron chi connectivity index (χ4n) is 23.3. The van der Waals surface area contributed by atoms with Gasteiger partial charge in [-0.25, -0.2) is 0 Å². The third-order valence-corrected chi connectivity index (χ3v) is 27.4. The number of hydrogen-bond donors (Lipinski definition) is 6. The molecule has 0 radical (unpaired) electrons. The molecule has 8 aliphatic carbocycles. The molecule has 11 aliphatic rings. The molecule has 2 spiro atoms. The number of allylic oxidation sites excluding steroid dienone is 1. The molecule has 448 valence electrons. The second-order valence-corrected chi connectivity index (χ2v) is 31.9. The number of nitrogens with one attached hydrogen (secondary N) is 3. The van der Waals surface area contributed by atoms with Gasteiger partial charge < -0.3 is 44.6 Å². The van der Waals surface area contributed by atoms with E-state index < -0.39 is 56.4 Å². The number of carbonyl (C=O) groups excluding carboxylic acids is 2. The molecular formula is C72H98N4O7. The van der Waals surface area contributed by atoms with E-state index in [1.165, 1.54) is 77.6 Å². The Morgan fingerprint density at radius 3 is 2.41 bits per heavy atom. The number of nitrogens with zero attached hydrogens (tertiary/aromatic N) is 1. The number of aromatic nitrogens is 3. The maximum Gasteiger partial charge on any atom is 0.160 e. The summed E-state index contributed by atoms with van der Waals surface area (Å²) in [6.07, 6.45) is 26.0. The van der Waals surface area contributed by atoms with Crippen molar-refractivity contribution in [2.45, 2.75) is 256 Å². The molecule has 2 bridgehead atoms. The van der Waals surface area contributed by atoms with Gasteiger partial charge in [0.05, 0.1) is 52.6 Å². The van der Waals surface area contributed by atoms with Gasteiger partial charge in [-0.1, -0.05) is 91.3 Å². The van der Waals surface area contributed by atoms with Crippen molar-refractivity contribution in [2.24, 2.45) is 50.2 Å². The minimum atomic E-state index is -0.958. The minimum Gasteiger partial charge on any atom is -0.392 e. The maximum absolute atomic E-state index is 16.0. The average Bonchev–Trinajstić information content (AvgIpc) is 1.67. The number of aliphatic hydroxyl groups is 3. The highest BCUT2D eigenvalue weighted by molar-refractivity contribution is 6.02. The van der Waals surface area contributed by atoms with E-state index in [2.05, 4.69) is 111 Å². The van der Waals surface area contributed by atoms with E-state index >= 15 is 9.59 Å². The van der Waals surface area contributed by atoms with E-state index in [-0.39, 0.29) is 40.7 Å². The SMILES string of the molecule is CNCC[C@]1(C)C(=O)[C@@H]2c3cc[nH]c3[C@@H]3CC[C@]2(C3)[C@@]2(C)[C@H]3[C@H](O)[C@@H]4Cn5cc(Cc6cc(C7CCCCC7)cc([C@]7(O)CCOC8(CCCCC8)C7)c6)c6[nH]cc(c65)CC[C@@](C)(C[C@@H](O)[C@H]5OC5(C)C)C5=C4[C@](C)(CC5=O)[C@@]3(C)CC[C@H]21. The second-order valence-electron chi connectivity index (χ2n) is 31.9. The molecule has 11 heteroatoms. The number of fused-ring (bicyclic) bond motifs is 8. The van der Waals surface area contributed by atoms with Crippen molar-refractivity contribution in [1.82, 2.24) is 19.9 Å². The number of ketones is 2. The summed E-state index contributed by atoms with van der Waals surface area (Å²) in [5, 5.41) is 43.5. The Balaban J connectivity index is 0.892. The van der Waals surface area contributed by atoms with Crippen molar-refractivity contribution in [1.29, 1.82) is 0 Å². The first-order chi connectivity index (χ1) is 39.6. The number of aromatic amines is 2. The summed E-state index contributed by atoms with van der Waals surface area (Å²) in [5.74, 6) is 0.585. The van der Waals surface area contributed by atoms with Crippen LogP contribution < -0.4 is 5.32 Å². The van der Waals surface area contributed by atoms with Gasteiger partial charge >= 0.3 is 0 Å². The van der Waals surface area contributed by atoms with Crippen LogP contribution in [0.5, 0.6) is 0 Å². The van der Waals surface area contributed by atoms with Crippen LogP contribution in [0.3, 0.4) is 0 Å². The molecular weight excluding hydrogens is 1030 g/mol. The van der Waals surface area contributed by atoms with Crippen LogP contribution in [0.25, 0.3) is 11.0 Å². The summed E-state index contributed by atoms with van der Waals surface area (Å²) in [6.45, 7) is 18.0. The molecule has 3 aliphatic heterocycles. The molecule has 0 amide bonds. The average molecular weight is 1130 g/mol. The number of rotatable bonds is 10. The lowest BCUT2D eigenvalue weighted by Crippen LogP contribution is -2.74. The first-order valence-electron chi connectivity index (χ1n) is 33.4. The summed E-state index contributed by atoms with van der Waals surface area (Å²) in [7, 11) is 2.01. The lowest BCUT2D eigenvalue weighted by molar-refractivity contribution is -0.267. The molecule has 1 aromatic carbocycles. The predicted molar refractivity (Wildman–Crippen MR) is 323 cm³/mol. The minimum absolute atomic E-state index is 0.0504. The van der Waals surface area contributed by atoms with Crippen LogP contribution in [-0.2, 0) is 44.1 Å². The normalized spacial score (nSPS) is 41.8. The van der Waals surface area contributed by atoms with Gasteiger partial charge in [0.1, 0.15) is 11.9 Å².